The van der Waals surface area contributed by atoms with Crippen LogP contribution in [-0.4, -0.2) is 22.3 Å². The minimum absolute atomic E-state index is 0.175. The molecular formula is C15H26O2S. The second kappa shape index (κ2) is 6.74. The van der Waals surface area contributed by atoms with E-state index in [4.69, 9.17) is 4.74 Å². The average Bonchev–Trinajstić information content (AvgIpc) is 2.40. The smallest absolute Gasteiger partial charge is 0.0938 e. The van der Waals surface area contributed by atoms with Crippen LogP contribution in [0.3, 0.4) is 0 Å². The maximum Gasteiger partial charge on any atom is 0.0938 e. The quantitative estimate of drug-likeness (QED) is 0.727. The summed E-state index contributed by atoms with van der Waals surface area (Å²) in [5, 5.41) is 0. The molecule has 2 rings (SSSR count). The van der Waals surface area contributed by atoms with Crippen LogP contribution in [0.15, 0.2) is 11.8 Å². The lowest BCUT2D eigenvalue weighted by Crippen LogP contribution is -2.36. The summed E-state index contributed by atoms with van der Waals surface area (Å²) < 4.78 is 17.6. The molecule has 3 heteroatoms. The van der Waals surface area contributed by atoms with E-state index in [1.807, 2.05) is 6.26 Å². The minimum Gasteiger partial charge on any atom is -0.501 e. The molecule has 0 N–H and O–H groups in total. The van der Waals surface area contributed by atoms with Crippen LogP contribution in [-0.2, 0) is 15.5 Å². The molecule has 0 aromatic carbocycles. The van der Waals surface area contributed by atoms with Crippen LogP contribution in [0.4, 0.5) is 0 Å². The Bertz CT molecular complexity index is 316. The van der Waals surface area contributed by atoms with Gasteiger partial charge in [-0.15, -0.1) is 0 Å². The molecule has 104 valence electrons. The van der Waals surface area contributed by atoms with E-state index in [9.17, 15) is 4.21 Å². The van der Waals surface area contributed by atoms with Crippen LogP contribution in [0.5, 0.6) is 0 Å². The van der Waals surface area contributed by atoms with Crippen molar-refractivity contribution in [3.05, 3.63) is 11.8 Å². The second-order valence-corrected chi connectivity index (χ2v) is 7.47. The Kier molecular flexibility index (Phi) is 5.28. The van der Waals surface area contributed by atoms with Gasteiger partial charge in [0.1, 0.15) is 0 Å². The van der Waals surface area contributed by atoms with Crippen LogP contribution in [0.2, 0.25) is 0 Å². The molecule has 0 aromatic heterocycles. The third-order valence-electron chi connectivity index (χ3n) is 4.43. The Morgan fingerprint density at radius 3 is 2.72 bits per heavy atom. The first-order valence-electron chi connectivity index (χ1n) is 7.39. The maximum atomic E-state index is 11.7. The zero-order valence-electron chi connectivity index (χ0n) is 11.6. The molecule has 2 atom stereocenters. The van der Waals surface area contributed by atoms with Crippen LogP contribution < -0.4 is 0 Å². The summed E-state index contributed by atoms with van der Waals surface area (Å²) in [7, 11) is -0.618. The van der Waals surface area contributed by atoms with Gasteiger partial charge in [0, 0.05) is 27.7 Å². The number of rotatable bonds is 4. The second-order valence-electron chi connectivity index (χ2n) is 5.89. The van der Waals surface area contributed by atoms with Gasteiger partial charge in [-0.25, -0.2) is 0 Å². The summed E-state index contributed by atoms with van der Waals surface area (Å²) in [4.78, 5) is 0. The van der Waals surface area contributed by atoms with E-state index in [1.54, 1.807) is 0 Å². The predicted molar refractivity (Wildman–Crippen MR) is 77.0 cm³/mol. The lowest BCUT2D eigenvalue weighted by molar-refractivity contribution is 0.108. The van der Waals surface area contributed by atoms with Crippen molar-refractivity contribution in [1.82, 2.24) is 0 Å². The summed E-state index contributed by atoms with van der Waals surface area (Å²) in [6, 6.07) is 0. The van der Waals surface area contributed by atoms with Crippen molar-refractivity contribution in [2.45, 2.75) is 58.3 Å². The average molecular weight is 270 g/mol. The molecule has 2 unspecified atom stereocenters. The monoisotopic (exact) mass is 270 g/mol. The highest BCUT2D eigenvalue weighted by Crippen LogP contribution is 2.34. The molecule has 0 spiro atoms. The van der Waals surface area contributed by atoms with E-state index in [2.05, 4.69) is 6.92 Å². The SMILES string of the molecule is CCC1(COC=C2CCCCC2)CCCS(=O)C1. The van der Waals surface area contributed by atoms with Crippen molar-refractivity contribution < 1.29 is 8.95 Å². The maximum absolute atomic E-state index is 11.7. The van der Waals surface area contributed by atoms with E-state index < -0.39 is 10.8 Å². The van der Waals surface area contributed by atoms with Gasteiger partial charge in [0.15, 0.2) is 0 Å². The Hall–Kier alpha value is -0.310. The number of ether oxygens (including phenoxy) is 1. The van der Waals surface area contributed by atoms with Crippen LogP contribution in [0.25, 0.3) is 0 Å². The number of allylic oxidation sites excluding steroid dienone is 1. The highest BCUT2D eigenvalue weighted by atomic mass is 32.2. The largest absolute Gasteiger partial charge is 0.501 e. The summed E-state index contributed by atoms with van der Waals surface area (Å²) in [5.41, 5.74) is 1.65. The fourth-order valence-corrected chi connectivity index (χ4v) is 4.77. The molecule has 0 radical (unpaired) electrons. The number of hydrogen-bond acceptors (Lipinski definition) is 2. The Balaban J connectivity index is 1.84. The minimum atomic E-state index is -0.618. The molecular weight excluding hydrogens is 244 g/mol. The summed E-state index contributed by atoms with van der Waals surface area (Å²) in [6.07, 6.45) is 11.8. The Morgan fingerprint density at radius 1 is 1.28 bits per heavy atom. The van der Waals surface area contributed by atoms with Gasteiger partial charge in [-0.3, -0.25) is 4.21 Å². The molecule has 1 aliphatic carbocycles. The highest BCUT2D eigenvalue weighted by molar-refractivity contribution is 7.85. The summed E-state index contributed by atoms with van der Waals surface area (Å²) in [6.45, 7) is 2.97. The van der Waals surface area contributed by atoms with Crippen molar-refractivity contribution in [2.75, 3.05) is 18.1 Å². The van der Waals surface area contributed by atoms with E-state index in [1.165, 1.54) is 44.1 Å². The molecule has 0 aromatic rings. The molecule has 2 aliphatic rings. The lowest BCUT2D eigenvalue weighted by atomic mass is 9.83. The van der Waals surface area contributed by atoms with E-state index in [0.29, 0.717) is 0 Å². The number of hydrogen-bond donors (Lipinski definition) is 0. The van der Waals surface area contributed by atoms with Crippen LogP contribution in [0.1, 0.15) is 58.3 Å². The zero-order chi connectivity index (χ0) is 12.8. The lowest BCUT2D eigenvalue weighted by Gasteiger charge is -2.35. The van der Waals surface area contributed by atoms with Crippen molar-refractivity contribution in [3.8, 4) is 0 Å². The van der Waals surface area contributed by atoms with Gasteiger partial charge in [0.05, 0.1) is 12.9 Å². The molecule has 1 heterocycles. The van der Waals surface area contributed by atoms with Gasteiger partial charge >= 0.3 is 0 Å². The predicted octanol–water partition coefficient (Wildman–Crippen LogP) is 3.79. The normalized spacial score (nSPS) is 33.2. The topological polar surface area (TPSA) is 26.3 Å². The first-order valence-corrected chi connectivity index (χ1v) is 8.87. The zero-order valence-corrected chi connectivity index (χ0v) is 12.4. The van der Waals surface area contributed by atoms with Crippen LogP contribution in [0, 0.1) is 5.41 Å². The van der Waals surface area contributed by atoms with Gasteiger partial charge in [0.2, 0.25) is 0 Å². The van der Waals surface area contributed by atoms with Gasteiger partial charge in [-0.2, -0.15) is 0 Å². The van der Waals surface area contributed by atoms with Crippen molar-refractivity contribution in [3.63, 3.8) is 0 Å². The molecule has 0 bridgehead atoms. The molecule has 1 saturated heterocycles. The summed E-state index contributed by atoms with van der Waals surface area (Å²) in [5.74, 6) is 1.73. The third-order valence-corrected chi connectivity index (χ3v) is 6.11. The Morgan fingerprint density at radius 2 is 2.06 bits per heavy atom. The van der Waals surface area contributed by atoms with Gasteiger partial charge < -0.3 is 4.74 Å². The van der Waals surface area contributed by atoms with Crippen molar-refractivity contribution in [2.24, 2.45) is 5.41 Å². The molecule has 0 amide bonds. The van der Waals surface area contributed by atoms with E-state index in [0.717, 1.165) is 31.0 Å². The molecule has 2 fully saturated rings. The molecule has 18 heavy (non-hydrogen) atoms. The van der Waals surface area contributed by atoms with Gasteiger partial charge in [0.25, 0.3) is 0 Å². The van der Waals surface area contributed by atoms with Gasteiger partial charge in [-0.05, 0) is 50.5 Å². The summed E-state index contributed by atoms with van der Waals surface area (Å²) >= 11 is 0. The fraction of sp³-hybridized carbons (Fsp3) is 0.867. The standard InChI is InChI=1S/C15H26O2S/c1-2-15(9-6-10-18(16)13-15)12-17-11-14-7-4-3-5-8-14/h11H,2-10,12-13H2,1H3. The molecule has 1 aliphatic heterocycles. The van der Waals surface area contributed by atoms with E-state index >= 15 is 0 Å². The van der Waals surface area contributed by atoms with Gasteiger partial charge in [-0.1, -0.05) is 13.3 Å². The highest BCUT2D eigenvalue weighted by Gasteiger charge is 2.34. The molecule has 2 nitrogen and oxygen atoms in total. The fourth-order valence-electron chi connectivity index (χ4n) is 3.05. The van der Waals surface area contributed by atoms with Crippen molar-refractivity contribution in [1.29, 1.82) is 0 Å². The van der Waals surface area contributed by atoms with Crippen LogP contribution >= 0.6 is 0 Å². The Labute approximate surface area is 114 Å². The first kappa shape index (κ1) is 14.1. The first-order chi connectivity index (χ1) is 8.74. The van der Waals surface area contributed by atoms with E-state index in [-0.39, 0.29) is 5.41 Å². The third kappa shape index (κ3) is 3.84. The molecule has 1 saturated carbocycles. The van der Waals surface area contributed by atoms with Crippen molar-refractivity contribution >= 4 is 10.8 Å².